The second-order valence-corrected chi connectivity index (χ2v) is 6.95. The number of nitrogens with one attached hydrogen (secondary N) is 1. The van der Waals surface area contributed by atoms with Crippen LogP contribution in [0.15, 0.2) is 12.1 Å². The second-order valence-electron chi connectivity index (χ2n) is 5.75. The lowest BCUT2D eigenvalue weighted by Crippen LogP contribution is -2.13. The summed E-state index contributed by atoms with van der Waals surface area (Å²) in [5.41, 5.74) is 2.09. The predicted molar refractivity (Wildman–Crippen MR) is 81.6 cm³/mol. The summed E-state index contributed by atoms with van der Waals surface area (Å²) in [4.78, 5) is 3.28. The summed E-state index contributed by atoms with van der Waals surface area (Å²) in [6, 6.07) is 4.38. The molecule has 19 heavy (non-hydrogen) atoms. The molecule has 100 valence electrons. The Labute approximate surface area is 126 Å². The van der Waals surface area contributed by atoms with E-state index in [1.807, 2.05) is 12.1 Å². The summed E-state index contributed by atoms with van der Waals surface area (Å²) in [5, 5.41) is 1.18. The molecular formula is C14H14Cl2N2S. The van der Waals surface area contributed by atoms with Crippen LogP contribution in [0, 0.1) is 16.6 Å². The number of hydrogen-bond donors (Lipinski definition) is 1. The van der Waals surface area contributed by atoms with Gasteiger partial charge in [-0.3, -0.25) is 0 Å². The summed E-state index contributed by atoms with van der Waals surface area (Å²) in [5.74, 6) is 1.60. The fourth-order valence-corrected chi connectivity index (χ4v) is 3.75. The summed E-state index contributed by atoms with van der Waals surface area (Å²) in [6.07, 6.45) is 5.32. The third-order valence-electron chi connectivity index (χ3n) is 4.27. The number of fused-ring (bicyclic) bond motifs is 1. The van der Waals surface area contributed by atoms with E-state index in [-0.39, 0.29) is 0 Å². The first-order valence-corrected chi connectivity index (χ1v) is 7.91. The fourth-order valence-electron chi connectivity index (χ4n) is 3.10. The molecule has 0 amide bonds. The number of aromatic amines is 1. The number of imidazole rings is 1. The van der Waals surface area contributed by atoms with E-state index in [2.05, 4.69) is 9.55 Å². The van der Waals surface area contributed by atoms with Crippen molar-refractivity contribution in [3.05, 3.63) is 26.9 Å². The minimum Gasteiger partial charge on any atom is -0.331 e. The number of halogens is 2. The average molecular weight is 313 g/mol. The number of rotatable bonds is 3. The molecule has 0 aliphatic heterocycles. The van der Waals surface area contributed by atoms with E-state index < -0.39 is 0 Å². The molecule has 4 rings (SSSR count). The average Bonchev–Trinajstić information content (AvgIpc) is 3.24. The van der Waals surface area contributed by atoms with Crippen LogP contribution in [0.3, 0.4) is 0 Å². The van der Waals surface area contributed by atoms with Gasteiger partial charge < -0.3 is 9.55 Å². The monoisotopic (exact) mass is 312 g/mol. The van der Waals surface area contributed by atoms with Crippen LogP contribution in [-0.2, 0) is 0 Å². The molecule has 2 nitrogen and oxygen atoms in total. The van der Waals surface area contributed by atoms with E-state index in [0.29, 0.717) is 16.1 Å². The lowest BCUT2D eigenvalue weighted by atomic mass is 10.1. The number of hydrogen-bond acceptors (Lipinski definition) is 1. The Balaban J connectivity index is 1.94. The van der Waals surface area contributed by atoms with E-state index in [1.165, 1.54) is 25.7 Å². The van der Waals surface area contributed by atoms with Crippen molar-refractivity contribution in [1.29, 1.82) is 0 Å². The molecule has 2 aliphatic rings. The standard InChI is InChI=1S/C14H14Cl2N2S/c15-9-5-11-12(6-10(9)16)18(14(19)17-11)13(7-1-2-7)8-3-4-8/h5-8,13H,1-4H2,(H,17,19). The Hall–Kier alpha value is -0.510. The third kappa shape index (κ3) is 2.03. The van der Waals surface area contributed by atoms with Crippen molar-refractivity contribution in [3.63, 3.8) is 0 Å². The first-order chi connectivity index (χ1) is 9.15. The Morgan fingerprint density at radius 2 is 1.68 bits per heavy atom. The van der Waals surface area contributed by atoms with Gasteiger partial charge in [-0.05, 0) is 61.9 Å². The maximum Gasteiger partial charge on any atom is 0.178 e. The minimum atomic E-state index is 0.554. The zero-order valence-electron chi connectivity index (χ0n) is 10.3. The van der Waals surface area contributed by atoms with Crippen LogP contribution < -0.4 is 0 Å². The van der Waals surface area contributed by atoms with E-state index in [4.69, 9.17) is 35.4 Å². The summed E-state index contributed by atoms with van der Waals surface area (Å²) in [6.45, 7) is 0. The zero-order valence-corrected chi connectivity index (χ0v) is 12.7. The van der Waals surface area contributed by atoms with Gasteiger partial charge in [0.2, 0.25) is 0 Å². The van der Waals surface area contributed by atoms with Crippen molar-refractivity contribution in [2.24, 2.45) is 11.8 Å². The van der Waals surface area contributed by atoms with Crippen molar-refractivity contribution in [2.45, 2.75) is 31.7 Å². The quantitative estimate of drug-likeness (QED) is 0.756. The molecule has 1 N–H and O–H groups in total. The molecule has 0 bridgehead atoms. The molecule has 1 heterocycles. The van der Waals surface area contributed by atoms with Gasteiger partial charge in [-0.15, -0.1) is 0 Å². The van der Waals surface area contributed by atoms with Crippen LogP contribution in [-0.4, -0.2) is 9.55 Å². The molecule has 0 radical (unpaired) electrons. The van der Waals surface area contributed by atoms with Crippen molar-refractivity contribution in [3.8, 4) is 0 Å². The van der Waals surface area contributed by atoms with Gasteiger partial charge in [0.25, 0.3) is 0 Å². The van der Waals surface area contributed by atoms with Crippen LogP contribution in [0.1, 0.15) is 31.7 Å². The van der Waals surface area contributed by atoms with Gasteiger partial charge in [-0.1, -0.05) is 23.2 Å². The van der Waals surface area contributed by atoms with Crippen LogP contribution in [0.25, 0.3) is 11.0 Å². The first kappa shape index (κ1) is 12.2. The largest absolute Gasteiger partial charge is 0.331 e. The van der Waals surface area contributed by atoms with Crippen molar-refractivity contribution >= 4 is 46.5 Å². The SMILES string of the molecule is S=c1[nH]c2cc(Cl)c(Cl)cc2n1C(C1CC1)C1CC1. The summed E-state index contributed by atoms with van der Waals surface area (Å²) < 4.78 is 3.10. The summed E-state index contributed by atoms with van der Waals surface area (Å²) >= 11 is 17.8. The molecule has 1 aromatic heterocycles. The number of H-pyrrole nitrogens is 1. The molecule has 5 heteroatoms. The van der Waals surface area contributed by atoms with Crippen LogP contribution in [0.4, 0.5) is 0 Å². The number of aromatic nitrogens is 2. The molecule has 0 unspecified atom stereocenters. The highest BCUT2D eigenvalue weighted by Gasteiger charge is 2.43. The van der Waals surface area contributed by atoms with E-state index in [9.17, 15) is 0 Å². The van der Waals surface area contributed by atoms with Crippen molar-refractivity contribution < 1.29 is 0 Å². The fraction of sp³-hybridized carbons (Fsp3) is 0.500. The molecule has 0 spiro atoms. The van der Waals surface area contributed by atoms with Gasteiger partial charge >= 0.3 is 0 Å². The van der Waals surface area contributed by atoms with Gasteiger partial charge in [0.15, 0.2) is 4.77 Å². The highest BCUT2D eigenvalue weighted by atomic mass is 35.5. The summed E-state index contributed by atoms with van der Waals surface area (Å²) in [7, 11) is 0. The third-order valence-corrected chi connectivity index (χ3v) is 5.29. The van der Waals surface area contributed by atoms with Crippen LogP contribution in [0.2, 0.25) is 10.0 Å². The van der Waals surface area contributed by atoms with Crippen LogP contribution in [0.5, 0.6) is 0 Å². The molecular weight excluding hydrogens is 299 g/mol. The molecule has 0 atom stereocenters. The zero-order chi connectivity index (χ0) is 13.1. The van der Waals surface area contributed by atoms with Gasteiger partial charge in [-0.25, -0.2) is 0 Å². The van der Waals surface area contributed by atoms with Crippen molar-refractivity contribution in [1.82, 2.24) is 9.55 Å². The Morgan fingerprint density at radius 1 is 1.11 bits per heavy atom. The van der Waals surface area contributed by atoms with Crippen molar-refractivity contribution in [2.75, 3.05) is 0 Å². The van der Waals surface area contributed by atoms with Gasteiger partial charge in [0.1, 0.15) is 0 Å². The Morgan fingerprint density at radius 3 is 2.26 bits per heavy atom. The van der Waals surface area contributed by atoms with E-state index >= 15 is 0 Å². The highest BCUT2D eigenvalue weighted by molar-refractivity contribution is 7.71. The van der Waals surface area contributed by atoms with Gasteiger partial charge in [-0.2, -0.15) is 0 Å². The molecule has 0 saturated heterocycles. The van der Waals surface area contributed by atoms with Crippen LogP contribution >= 0.6 is 35.4 Å². The predicted octanol–water partition coefficient (Wildman–Crippen LogP) is 5.37. The normalized spacial score (nSPS) is 19.5. The minimum absolute atomic E-state index is 0.554. The Bertz CT molecular complexity index is 698. The van der Waals surface area contributed by atoms with Gasteiger partial charge in [0.05, 0.1) is 21.1 Å². The Kier molecular flexibility index (Phi) is 2.73. The molecule has 2 saturated carbocycles. The molecule has 2 aliphatic carbocycles. The van der Waals surface area contributed by atoms with E-state index in [1.54, 1.807) is 0 Å². The molecule has 1 aromatic carbocycles. The maximum absolute atomic E-state index is 6.17. The lowest BCUT2D eigenvalue weighted by molar-refractivity contribution is 0.400. The molecule has 2 aromatic rings. The van der Waals surface area contributed by atoms with Gasteiger partial charge in [0, 0.05) is 6.04 Å². The highest BCUT2D eigenvalue weighted by Crippen LogP contribution is 2.53. The number of benzene rings is 1. The molecule has 2 fully saturated rings. The second kappa shape index (κ2) is 4.24. The topological polar surface area (TPSA) is 20.7 Å². The maximum atomic E-state index is 6.17. The lowest BCUT2D eigenvalue weighted by Gasteiger charge is -2.18. The number of nitrogens with zero attached hydrogens (tertiary/aromatic N) is 1. The van der Waals surface area contributed by atoms with E-state index in [0.717, 1.165) is 27.6 Å². The first-order valence-electron chi connectivity index (χ1n) is 6.74. The smallest absolute Gasteiger partial charge is 0.178 e.